The Labute approximate surface area is 138 Å². The van der Waals surface area contributed by atoms with E-state index in [2.05, 4.69) is 5.32 Å². The van der Waals surface area contributed by atoms with Crippen molar-refractivity contribution in [3.8, 4) is 17.2 Å². The van der Waals surface area contributed by atoms with Crippen molar-refractivity contribution in [3.63, 3.8) is 0 Å². The van der Waals surface area contributed by atoms with Crippen LogP contribution in [0.5, 0.6) is 17.2 Å². The van der Waals surface area contributed by atoms with Crippen molar-refractivity contribution < 1.29 is 19.0 Å². The highest BCUT2D eigenvalue weighted by atomic mass is 32.2. The monoisotopic (exact) mass is 331 g/mol. The van der Waals surface area contributed by atoms with Gasteiger partial charge in [-0.2, -0.15) is 0 Å². The Bertz CT molecular complexity index is 702. The first-order valence-electron chi connectivity index (χ1n) is 7.17. The summed E-state index contributed by atoms with van der Waals surface area (Å²) in [6.45, 7) is 2.09. The first kappa shape index (κ1) is 15.6. The number of hydrogen-bond donors (Lipinski definition) is 1. The van der Waals surface area contributed by atoms with E-state index in [1.807, 2.05) is 31.2 Å². The third-order valence-electron chi connectivity index (χ3n) is 3.38. The average Bonchev–Trinajstić information content (AvgIpc) is 3.03. The first-order chi connectivity index (χ1) is 11.2. The van der Waals surface area contributed by atoms with Crippen LogP contribution in [0.3, 0.4) is 0 Å². The normalized spacial score (nSPS) is 13.5. The molecule has 3 rings (SSSR count). The van der Waals surface area contributed by atoms with Crippen LogP contribution in [0.4, 0.5) is 5.69 Å². The van der Waals surface area contributed by atoms with Gasteiger partial charge >= 0.3 is 0 Å². The summed E-state index contributed by atoms with van der Waals surface area (Å²) in [5, 5.41) is 2.67. The van der Waals surface area contributed by atoms with Gasteiger partial charge < -0.3 is 19.5 Å². The van der Waals surface area contributed by atoms with Crippen LogP contribution < -0.4 is 19.5 Å². The summed E-state index contributed by atoms with van der Waals surface area (Å²) >= 11 is 1.49. The lowest BCUT2D eigenvalue weighted by molar-refractivity contribution is -0.115. The minimum atomic E-state index is -0.228. The Balaban J connectivity index is 1.60. The van der Waals surface area contributed by atoms with E-state index in [4.69, 9.17) is 14.2 Å². The number of benzene rings is 2. The molecule has 0 saturated carbocycles. The number of fused-ring (bicyclic) bond motifs is 1. The van der Waals surface area contributed by atoms with E-state index in [-0.39, 0.29) is 18.0 Å². The minimum Gasteiger partial charge on any atom is -0.497 e. The number of carbonyl (C=O) groups is 1. The number of ether oxygens (including phenoxy) is 3. The molecule has 1 heterocycles. The molecule has 1 amide bonds. The largest absolute Gasteiger partial charge is 0.497 e. The molecule has 0 bridgehead atoms. The fourth-order valence-electron chi connectivity index (χ4n) is 2.13. The first-order valence-corrected chi connectivity index (χ1v) is 8.05. The van der Waals surface area contributed by atoms with E-state index < -0.39 is 0 Å². The fourth-order valence-corrected chi connectivity index (χ4v) is 3.00. The molecule has 1 aliphatic rings. The molecule has 0 aliphatic carbocycles. The van der Waals surface area contributed by atoms with Crippen LogP contribution in [0.1, 0.15) is 6.92 Å². The van der Waals surface area contributed by atoms with Gasteiger partial charge in [0, 0.05) is 16.6 Å². The predicted octanol–water partition coefficient (Wildman–Crippen LogP) is 3.54. The molecule has 5 nitrogen and oxygen atoms in total. The van der Waals surface area contributed by atoms with Gasteiger partial charge in [0.15, 0.2) is 11.5 Å². The highest BCUT2D eigenvalue weighted by molar-refractivity contribution is 8.00. The topological polar surface area (TPSA) is 56.8 Å². The van der Waals surface area contributed by atoms with Crippen molar-refractivity contribution in [1.29, 1.82) is 0 Å². The Morgan fingerprint density at radius 2 is 1.91 bits per heavy atom. The summed E-state index contributed by atoms with van der Waals surface area (Å²) in [5.41, 5.74) is 0.696. The maximum atomic E-state index is 12.3. The maximum absolute atomic E-state index is 12.3. The van der Waals surface area contributed by atoms with Crippen LogP contribution in [0.15, 0.2) is 47.4 Å². The Kier molecular flexibility index (Phi) is 4.62. The summed E-state index contributed by atoms with van der Waals surface area (Å²) in [6, 6.07) is 13.0. The second-order valence-corrected chi connectivity index (χ2v) is 6.41. The quantitative estimate of drug-likeness (QED) is 0.849. The van der Waals surface area contributed by atoms with Gasteiger partial charge in [0.1, 0.15) is 5.75 Å². The standard InChI is InChI=1S/C17H17NO4S/c1-11(23-14-6-4-13(20-2)5-7-14)17(19)18-12-3-8-15-16(9-12)22-10-21-15/h3-9,11H,10H2,1-2H3,(H,18,19)/t11-/m1/s1. The van der Waals surface area contributed by atoms with E-state index in [9.17, 15) is 4.79 Å². The summed E-state index contributed by atoms with van der Waals surface area (Å²) in [7, 11) is 1.63. The van der Waals surface area contributed by atoms with Crippen LogP contribution in [0.2, 0.25) is 0 Å². The van der Waals surface area contributed by atoms with Crippen molar-refractivity contribution in [2.45, 2.75) is 17.1 Å². The van der Waals surface area contributed by atoms with E-state index in [0.29, 0.717) is 17.2 Å². The molecule has 0 fully saturated rings. The molecule has 0 unspecified atom stereocenters. The van der Waals surface area contributed by atoms with Crippen LogP contribution in [-0.4, -0.2) is 25.1 Å². The molecule has 2 aromatic rings. The van der Waals surface area contributed by atoms with Gasteiger partial charge in [0.05, 0.1) is 12.4 Å². The number of amides is 1. The highest BCUT2D eigenvalue weighted by Gasteiger charge is 2.17. The molecule has 0 spiro atoms. The molecule has 1 aliphatic heterocycles. The van der Waals surface area contributed by atoms with E-state index in [1.165, 1.54) is 11.8 Å². The number of nitrogens with one attached hydrogen (secondary N) is 1. The summed E-state index contributed by atoms with van der Waals surface area (Å²) in [5.74, 6) is 2.08. The molecule has 0 saturated heterocycles. The lowest BCUT2D eigenvalue weighted by Gasteiger charge is -2.12. The van der Waals surface area contributed by atoms with Crippen LogP contribution in [0.25, 0.3) is 0 Å². The van der Waals surface area contributed by atoms with Gasteiger partial charge in [-0.1, -0.05) is 0 Å². The van der Waals surface area contributed by atoms with Crippen molar-refractivity contribution in [3.05, 3.63) is 42.5 Å². The SMILES string of the molecule is COc1ccc(S[C@H](C)C(=O)Nc2ccc3c(c2)OCO3)cc1. The number of thioether (sulfide) groups is 1. The van der Waals surface area contributed by atoms with Crippen molar-refractivity contribution in [2.75, 3.05) is 19.2 Å². The molecule has 120 valence electrons. The average molecular weight is 331 g/mol. The molecule has 23 heavy (non-hydrogen) atoms. The molecule has 2 aromatic carbocycles. The predicted molar refractivity (Wildman–Crippen MR) is 89.5 cm³/mol. The van der Waals surface area contributed by atoms with Gasteiger partial charge in [-0.05, 0) is 43.3 Å². The molecule has 6 heteroatoms. The number of methoxy groups -OCH3 is 1. The van der Waals surface area contributed by atoms with Crippen LogP contribution in [-0.2, 0) is 4.79 Å². The maximum Gasteiger partial charge on any atom is 0.237 e. The van der Waals surface area contributed by atoms with Crippen molar-refractivity contribution >= 4 is 23.4 Å². The number of carbonyl (C=O) groups excluding carboxylic acids is 1. The van der Waals surface area contributed by atoms with Gasteiger partial charge in [-0.3, -0.25) is 4.79 Å². The van der Waals surface area contributed by atoms with Crippen molar-refractivity contribution in [2.24, 2.45) is 0 Å². The summed E-state index contributed by atoms with van der Waals surface area (Å²) in [4.78, 5) is 13.3. The van der Waals surface area contributed by atoms with Gasteiger partial charge in [-0.15, -0.1) is 11.8 Å². The van der Waals surface area contributed by atoms with Gasteiger partial charge in [-0.25, -0.2) is 0 Å². The zero-order valence-corrected chi connectivity index (χ0v) is 13.7. The van der Waals surface area contributed by atoms with E-state index in [1.54, 1.807) is 25.3 Å². The Morgan fingerprint density at radius 1 is 1.17 bits per heavy atom. The van der Waals surface area contributed by atoms with Crippen LogP contribution >= 0.6 is 11.8 Å². The number of hydrogen-bond acceptors (Lipinski definition) is 5. The van der Waals surface area contributed by atoms with E-state index >= 15 is 0 Å². The molecule has 1 atom stereocenters. The van der Waals surface area contributed by atoms with Gasteiger partial charge in [0.2, 0.25) is 12.7 Å². The van der Waals surface area contributed by atoms with E-state index in [0.717, 1.165) is 10.6 Å². The van der Waals surface area contributed by atoms with Crippen molar-refractivity contribution in [1.82, 2.24) is 0 Å². The lowest BCUT2D eigenvalue weighted by Crippen LogP contribution is -2.22. The number of rotatable bonds is 5. The third kappa shape index (κ3) is 3.71. The zero-order valence-electron chi connectivity index (χ0n) is 12.9. The molecule has 0 radical (unpaired) electrons. The smallest absolute Gasteiger partial charge is 0.237 e. The molecule has 1 N–H and O–H groups in total. The van der Waals surface area contributed by atoms with Gasteiger partial charge in [0.25, 0.3) is 0 Å². The van der Waals surface area contributed by atoms with Crippen LogP contribution in [0, 0.1) is 0 Å². The fraction of sp³-hybridized carbons (Fsp3) is 0.235. The summed E-state index contributed by atoms with van der Waals surface area (Å²) < 4.78 is 15.7. The minimum absolute atomic E-state index is 0.0651. The summed E-state index contributed by atoms with van der Waals surface area (Å²) in [6.07, 6.45) is 0. The third-order valence-corrected chi connectivity index (χ3v) is 4.49. The molecular weight excluding hydrogens is 314 g/mol. The Hall–Kier alpha value is -2.34. The second kappa shape index (κ2) is 6.83. The zero-order chi connectivity index (χ0) is 16.2. The molecular formula is C17H17NO4S. The number of anilines is 1. The molecule has 0 aromatic heterocycles. The Morgan fingerprint density at radius 3 is 2.65 bits per heavy atom. The second-order valence-electron chi connectivity index (χ2n) is 4.99. The lowest BCUT2D eigenvalue weighted by atomic mass is 10.2. The highest BCUT2D eigenvalue weighted by Crippen LogP contribution is 2.34.